The van der Waals surface area contributed by atoms with E-state index in [4.69, 9.17) is 9.47 Å². The third kappa shape index (κ3) is 2.57. The minimum Gasteiger partial charge on any atom is -0.497 e. The lowest BCUT2D eigenvalue weighted by Gasteiger charge is -2.12. The number of hydrogen-bond donors (Lipinski definition) is 0. The van der Waals surface area contributed by atoms with Crippen molar-refractivity contribution in [3.8, 4) is 22.6 Å². The second kappa shape index (κ2) is 5.52. The first-order valence-electron chi connectivity index (χ1n) is 5.66. The second-order valence-electron chi connectivity index (χ2n) is 3.92. The number of halogens is 1. The van der Waals surface area contributed by atoms with Crippen LogP contribution in [0.1, 0.15) is 10.4 Å². The first-order chi connectivity index (χ1) is 9.19. The first-order valence-corrected chi connectivity index (χ1v) is 5.66. The minimum absolute atomic E-state index is 0.404. The van der Waals surface area contributed by atoms with Crippen molar-refractivity contribution >= 4 is 6.29 Å². The predicted molar refractivity (Wildman–Crippen MR) is 70.3 cm³/mol. The van der Waals surface area contributed by atoms with E-state index in [0.717, 1.165) is 0 Å². The number of benzene rings is 2. The Morgan fingerprint density at radius 2 is 1.79 bits per heavy atom. The number of carbonyl (C=O) groups is 1. The van der Waals surface area contributed by atoms with E-state index < -0.39 is 5.82 Å². The van der Waals surface area contributed by atoms with Gasteiger partial charge in [0.05, 0.1) is 14.2 Å². The lowest BCUT2D eigenvalue weighted by molar-refractivity contribution is 0.112. The third-order valence-electron chi connectivity index (χ3n) is 2.84. The fraction of sp³-hybridized carbons (Fsp3) is 0.133. The fourth-order valence-corrected chi connectivity index (χ4v) is 1.89. The molecule has 0 bridgehead atoms. The summed E-state index contributed by atoms with van der Waals surface area (Å²) in [6.07, 6.45) is 0.693. The van der Waals surface area contributed by atoms with E-state index in [1.54, 1.807) is 25.3 Å². The van der Waals surface area contributed by atoms with Crippen molar-refractivity contribution in [1.29, 1.82) is 0 Å². The molecule has 0 aromatic heterocycles. The van der Waals surface area contributed by atoms with Crippen molar-refractivity contribution in [1.82, 2.24) is 0 Å². The zero-order valence-electron chi connectivity index (χ0n) is 10.6. The van der Waals surface area contributed by atoms with Crippen molar-refractivity contribution in [2.24, 2.45) is 0 Å². The molecule has 0 amide bonds. The van der Waals surface area contributed by atoms with Gasteiger partial charge in [-0.3, -0.25) is 4.79 Å². The maximum absolute atomic E-state index is 13.4. The highest BCUT2D eigenvalue weighted by molar-refractivity contribution is 5.89. The van der Waals surface area contributed by atoms with Gasteiger partial charge in [-0.05, 0) is 35.9 Å². The summed E-state index contributed by atoms with van der Waals surface area (Å²) in [7, 11) is 3.06. The van der Waals surface area contributed by atoms with Crippen LogP contribution in [-0.2, 0) is 0 Å². The second-order valence-corrected chi connectivity index (χ2v) is 3.92. The van der Waals surface area contributed by atoms with Gasteiger partial charge in [0.15, 0.2) is 6.29 Å². The molecule has 0 saturated heterocycles. The van der Waals surface area contributed by atoms with Gasteiger partial charge in [-0.25, -0.2) is 4.39 Å². The number of rotatable bonds is 4. The normalized spacial score (nSPS) is 10.1. The highest BCUT2D eigenvalue weighted by Gasteiger charge is 2.12. The van der Waals surface area contributed by atoms with Crippen molar-refractivity contribution in [2.45, 2.75) is 0 Å². The van der Waals surface area contributed by atoms with Crippen LogP contribution < -0.4 is 9.47 Å². The Labute approximate surface area is 110 Å². The SMILES string of the molecule is COc1ccc(-c2cc(F)ccc2C=O)c(OC)c1. The van der Waals surface area contributed by atoms with Crippen molar-refractivity contribution in [3.63, 3.8) is 0 Å². The average molecular weight is 260 g/mol. The Morgan fingerprint density at radius 1 is 1.00 bits per heavy atom. The van der Waals surface area contributed by atoms with Crippen molar-refractivity contribution in [2.75, 3.05) is 14.2 Å². The summed E-state index contributed by atoms with van der Waals surface area (Å²) < 4.78 is 23.7. The Kier molecular flexibility index (Phi) is 3.80. The molecule has 0 aliphatic carbocycles. The Bertz CT molecular complexity index is 608. The smallest absolute Gasteiger partial charge is 0.150 e. The van der Waals surface area contributed by atoms with Crippen LogP contribution in [0.4, 0.5) is 4.39 Å². The van der Waals surface area contributed by atoms with E-state index >= 15 is 0 Å². The molecular weight excluding hydrogens is 247 g/mol. The quantitative estimate of drug-likeness (QED) is 0.791. The monoisotopic (exact) mass is 260 g/mol. The lowest BCUT2D eigenvalue weighted by Crippen LogP contribution is -1.94. The summed E-state index contributed by atoms with van der Waals surface area (Å²) in [4.78, 5) is 11.0. The van der Waals surface area contributed by atoms with Crippen LogP contribution in [0.15, 0.2) is 36.4 Å². The van der Waals surface area contributed by atoms with Crippen molar-refractivity contribution < 1.29 is 18.7 Å². The van der Waals surface area contributed by atoms with Gasteiger partial charge in [0.25, 0.3) is 0 Å². The summed E-state index contributed by atoms with van der Waals surface area (Å²) >= 11 is 0. The van der Waals surface area contributed by atoms with Gasteiger partial charge in [-0.15, -0.1) is 0 Å². The van der Waals surface area contributed by atoms with Crippen LogP contribution in [0.2, 0.25) is 0 Å². The van der Waals surface area contributed by atoms with Crippen LogP contribution in [0, 0.1) is 5.82 Å². The van der Waals surface area contributed by atoms with Gasteiger partial charge in [0.2, 0.25) is 0 Å². The van der Waals surface area contributed by atoms with E-state index in [0.29, 0.717) is 34.5 Å². The maximum atomic E-state index is 13.4. The molecule has 3 nitrogen and oxygen atoms in total. The van der Waals surface area contributed by atoms with Gasteiger partial charge >= 0.3 is 0 Å². The summed E-state index contributed by atoms with van der Waals surface area (Å²) in [6, 6.07) is 9.17. The Morgan fingerprint density at radius 3 is 2.42 bits per heavy atom. The molecule has 2 aromatic rings. The molecule has 2 rings (SSSR count). The van der Waals surface area contributed by atoms with E-state index in [-0.39, 0.29) is 0 Å². The third-order valence-corrected chi connectivity index (χ3v) is 2.84. The summed E-state index contributed by atoms with van der Waals surface area (Å²) in [5.41, 5.74) is 1.55. The molecular formula is C15H13FO3. The molecule has 2 aromatic carbocycles. The van der Waals surface area contributed by atoms with Crippen LogP contribution in [0.5, 0.6) is 11.5 Å². The van der Waals surface area contributed by atoms with E-state index in [9.17, 15) is 9.18 Å². The molecule has 0 spiro atoms. The fourth-order valence-electron chi connectivity index (χ4n) is 1.89. The van der Waals surface area contributed by atoms with Gasteiger partial charge in [-0.2, -0.15) is 0 Å². The van der Waals surface area contributed by atoms with E-state index in [1.165, 1.54) is 25.3 Å². The molecule has 0 aliphatic rings. The molecule has 0 unspecified atom stereocenters. The first kappa shape index (κ1) is 13.1. The van der Waals surface area contributed by atoms with E-state index in [2.05, 4.69) is 0 Å². The number of methoxy groups -OCH3 is 2. The largest absolute Gasteiger partial charge is 0.497 e. The zero-order valence-corrected chi connectivity index (χ0v) is 10.6. The molecule has 0 N–H and O–H groups in total. The predicted octanol–water partition coefficient (Wildman–Crippen LogP) is 3.32. The lowest BCUT2D eigenvalue weighted by atomic mass is 9.99. The van der Waals surface area contributed by atoms with Gasteiger partial charge in [-0.1, -0.05) is 0 Å². The maximum Gasteiger partial charge on any atom is 0.150 e. The Balaban J connectivity index is 2.64. The van der Waals surface area contributed by atoms with Gasteiger partial charge in [0.1, 0.15) is 17.3 Å². The van der Waals surface area contributed by atoms with Crippen LogP contribution in [0.25, 0.3) is 11.1 Å². The molecule has 4 heteroatoms. The van der Waals surface area contributed by atoms with Crippen LogP contribution >= 0.6 is 0 Å². The molecule has 0 radical (unpaired) electrons. The average Bonchev–Trinajstić information content (AvgIpc) is 2.46. The topological polar surface area (TPSA) is 35.5 Å². The van der Waals surface area contributed by atoms with E-state index in [1.807, 2.05) is 0 Å². The van der Waals surface area contributed by atoms with Crippen molar-refractivity contribution in [3.05, 3.63) is 47.8 Å². The minimum atomic E-state index is -0.404. The van der Waals surface area contributed by atoms with Gasteiger partial charge < -0.3 is 9.47 Å². The highest BCUT2D eigenvalue weighted by atomic mass is 19.1. The summed E-state index contributed by atoms with van der Waals surface area (Å²) in [5, 5.41) is 0. The molecule has 98 valence electrons. The molecule has 0 aliphatic heterocycles. The Hall–Kier alpha value is -2.36. The number of aldehydes is 1. The summed E-state index contributed by atoms with van der Waals surface area (Å²) in [6.45, 7) is 0. The molecule has 0 saturated carbocycles. The standard InChI is InChI=1S/C15H13FO3/c1-18-12-5-6-13(15(8-12)19-2)14-7-11(16)4-3-10(14)9-17/h3-9H,1-2H3. The zero-order chi connectivity index (χ0) is 13.8. The molecule has 0 heterocycles. The van der Waals surface area contributed by atoms with Crippen LogP contribution in [-0.4, -0.2) is 20.5 Å². The highest BCUT2D eigenvalue weighted by Crippen LogP contribution is 2.35. The number of carbonyl (C=O) groups excluding carboxylic acids is 1. The molecule has 0 fully saturated rings. The van der Waals surface area contributed by atoms with Gasteiger partial charge in [0, 0.05) is 17.2 Å². The summed E-state index contributed by atoms with van der Waals surface area (Å²) in [5.74, 6) is 0.746. The number of ether oxygens (including phenoxy) is 2. The molecule has 19 heavy (non-hydrogen) atoms. The van der Waals surface area contributed by atoms with Crippen LogP contribution in [0.3, 0.4) is 0 Å². The molecule has 0 atom stereocenters. The number of hydrogen-bond acceptors (Lipinski definition) is 3.